The third-order valence-electron chi connectivity index (χ3n) is 7.06. The van der Waals surface area contributed by atoms with Crippen LogP contribution in [0.25, 0.3) is 10.9 Å². The van der Waals surface area contributed by atoms with Crippen molar-refractivity contribution >= 4 is 16.8 Å². The fourth-order valence-electron chi connectivity index (χ4n) is 5.37. The molecule has 0 bridgehead atoms. The third kappa shape index (κ3) is 3.95. The van der Waals surface area contributed by atoms with Crippen LogP contribution in [0.3, 0.4) is 0 Å². The van der Waals surface area contributed by atoms with E-state index in [1.54, 1.807) is 11.7 Å². The number of hydrogen-bond donors (Lipinski definition) is 2. The topological polar surface area (TPSA) is 85.3 Å². The molecule has 1 fully saturated rings. The summed E-state index contributed by atoms with van der Waals surface area (Å²) < 4.78 is 12.8. The van der Waals surface area contributed by atoms with Gasteiger partial charge in [0, 0.05) is 28.9 Å². The maximum atomic E-state index is 13.4. The molecule has 2 aliphatic rings. The number of carbonyl (C=O) groups is 1. The first kappa shape index (κ1) is 21.8. The van der Waals surface area contributed by atoms with Crippen LogP contribution in [0.2, 0.25) is 0 Å². The van der Waals surface area contributed by atoms with Crippen LogP contribution in [-0.2, 0) is 17.7 Å². The van der Waals surface area contributed by atoms with E-state index in [0.29, 0.717) is 12.1 Å². The molecule has 1 saturated heterocycles. The number of aromatic amines is 1. The molecule has 1 amide bonds. The molecule has 2 N–H and O–H groups in total. The minimum absolute atomic E-state index is 0.0317. The first-order chi connectivity index (χ1) is 16.0. The molecule has 3 heterocycles. The molecule has 7 nitrogen and oxygen atoms in total. The fraction of sp³-hybridized carbons (Fsp3) is 0.462. The Labute approximate surface area is 193 Å². The number of nitrogens with zero attached hydrogens (tertiary/aromatic N) is 1. The first-order valence-electron chi connectivity index (χ1n) is 11.8. The van der Waals surface area contributed by atoms with Gasteiger partial charge in [-0.15, -0.1) is 0 Å². The molecule has 0 saturated carbocycles. The number of H-pyrrole nitrogens is 1. The summed E-state index contributed by atoms with van der Waals surface area (Å²) in [6.07, 6.45) is 4.74. The Morgan fingerprint density at radius 3 is 2.85 bits per heavy atom. The van der Waals surface area contributed by atoms with Crippen LogP contribution in [0, 0.1) is 13.8 Å². The first-order valence-corrected chi connectivity index (χ1v) is 11.8. The zero-order valence-corrected chi connectivity index (χ0v) is 19.5. The van der Waals surface area contributed by atoms with Crippen LogP contribution in [0.5, 0.6) is 5.75 Å². The molecule has 33 heavy (non-hydrogen) atoms. The van der Waals surface area contributed by atoms with Gasteiger partial charge in [0.15, 0.2) is 0 Å². The highest BCUT2D eigenvalue weighted by Gasteiger charge is 2.28. The summed E-state index contributed by atoms with van der Waals surface area (Å²) in [6, 6.07) is 7.75. The van der Waals surface area contributed by atoms with Crippen LogP contribution < -0.4 is 15.6 Å². The number of pyridine rings is 1. The second-order valence-electron chi connectivity index (χ2n) is 9.24. The van der Waals surface area contributed by atoms with Crippen molar-refractivity contribution < 1.29 is 14.3 Å². The van der Waals surface area contributed by atoms with Gasteiger partial charge in [0.05, 0.1) is 25.8 Å². The Kier molecular flexibility index (Phi) is 5.74. The second kappa shape index (κ2) is 8.71. The number of nitrogens with one attached hydrogen (secondary N) is 2. The van der Waals surface area contributed by atoms with Gasteiger partial charge in [0.2, 0.25) is 0 Å². The second-order valence-corrected chi connectivity index (χ2v) is 9.24. The Bertz CT molecular complexity index is 1270. The number of amides is 1. The molecular weight excluding hydrogens is 418 g/mol. The Morgan fingerprint density at radius 2 is 2.09 bits per heavy atom. The third-order valence-corrected chi connectivity index (χ3v) is 7.06. The normalized spacial score (nSPS) is 20.1. The summed E-state index contributed by atoms with van der Waals surface area (Å²) in [5.41, 5.74) is 4.83. The minimum Gasteiger partial charge on any atom is -0.497 e. The summed E-state index contributed by atoms with van der Waals surface area (Å²) in [4.78, 5) is 30.3. The molecule has 1 aliphatic heterocycles. The number of rotatable bonds is 5. The van der Waals surface area contributed by atoms with E-state index in [-0.39, 0.29) is 29.2 Å². The molecule has 7 heteroatoms. The van der Waals surface area contributed by atoms with Gasteiger partial charge in [-0.1, -0.05) is 0 Å². The summed E-state index contributed by atoms with van der Waals surface area (Å²) in [7, 11) is 1.67. The molecule has 174 valence electrons. The summed E-state index contributed by atoms with van der Waals surface area (Å²) in [5, 5.41) is 4.29. The minimum atomic E-state index is -0.312. The Balaban J connectivity index is 1.45. The summed E-state index contributed by atoms with van der Waals surface area (Å²) >= 11 is 0. The highest BCUT2D eigenvalue weighted by molar-refractivity contribution is 5.96. The molecule has 1 aliphatic carbocycles. The quantitative estimate of drug-likeness (QED) is 0.618. The van der Waals surface area contributed by atoms with Crippen molar-refractivity contribution in [3.05, 3.63) is 62.7 Å². The lowest BCUT2D eigenvalue weighted by molar-refractivity contribution is 0.0913. The van der Waals surface area contributed by atoms with Crippen LogP contribution in [0.15, 0.2) is 29.1 Å². The molecule has 3 aromatic rings. The van der Waals surface area contributed by atoms with E-state index in [2.05, 4.69) is 10.3 Å². The zero-order chi connectivity index (χ0) is 23.1. The largest absolute Gasteiger partial charge is 0.497 e. The number of carbonyl (C=O) groups excluding carboxylic acids is 1. The molecule has 2 aromatic heterocycles. The molecule has 0 spiro atoms. The predicted octanol–water partition coefficient (Wildman–Crippen LogP) is 3.94. The highest BCUT2D eigenvalue weighted by Crippen LogP contribution is 2.36. The van der Waals surface area contributed by atoms with Gasteiger partial charge in [-0.2, -0.15) is 0 Å². The molecule has 0 unspecified atom stereocenters. The van der Waals surface area contributed by atoms with E-state index < -0.39 is 0 Å². The van der Waals surface area contributed by atoms with E-state index in [1.165, 1.54) is 5.56 Å². The number of benzene rings is 1. The molecular formula is C26H31N3O4. The van der Waals surface area contributed by atoms with Crippen molar-refractivity contribution in [1.82, 2.24) is 14.9 Å². The molecule has 2 atom stereocenters. The zero-order valence-electron chi connectivity index (χ0n) is 19.5. The van der Waals surface area contributed by atoms with E-state index >= 15 is 0 Å². The van der Waals surface area contributed by atoms with Crippen LogP contribution in [0.4, 0.5) is 0 Å². The average Bonchev–Trinajstić information content (AvgIpc) is 3.44. The Morgan fingerprint density at radius 1 is 1.24 bits per heavy atom. The number of hydrogen-bond acceptors (Lipinski definition) is 4. The van der Waals surface area contributed by atoms with Gasteiger partial charge < -0.3 is 24.3 Å². The molecule has 1 aromatic carbocycles. The van der Waals surface area contributed by atoms with Gasteiger partial charge in [0.1, 0.15) is 11.3 Å². The number of aromatic nitrogens is 2. The number of methoxy groups -OCH3 is 1. The Hall–Kier alpha value is -3.06. The summed E-state index contributed by atoms with van der Waals surface area (Å²) in [5.74, 6) is 0.505. The lowest BCUT2D eigenvalue weighted by Crippen LogP contribution is -2.39. The van der Waals surface area contributed by atoms with E-state index in [4.69, 9.17) is 9.47 Å². The maximum Gasteiger partial charge on any atom is 0.263 e. The number of aryl methyl sites for hydroxylation is 3. The van der Waals surface area contributed by atoms with Gasteiger partial charge in [-0.25, -0.2) is 0 Å². The summed E-state index contributed by atoms with van der Waals surface area (Å²) in [6.45, 7) is 4.97. The van der Waals surface area contributed by atoms with Crippen molar-refractivity contribution in [3.8, 4) is 5.75 Å². The monoisotopic (exact) mass is 449 g/mol. The van der Waals surface area contributed by atoms with E-state index in [1.807, 2.05) is 38.1 Å². The predicted molar refractivity (Wildman–Crippen MR) is 127 cm³/mol. The SMILES string of the molecule is COc1ccc2[nH]c3c(c2c1)CCC[C@@H]3NC(=O)c1c(C)cc(C)n(C[C@@H]2CCCO2)c1=O. The van der Waals surface area contributed by atoms with Gasteiger partial charge in [0.25, 0.3) is 11.5 Å². The van der Waals surface area contributed by atoms with Crippen molar-refractivity contribution in [2.24, 2.45) is 0 Å². The van der Waals surface area contributed by atoms with Gasteiger partial charge >= 0.3 is 0 Å². The van der Waals surface area contributed by atoms with E-state index in [0.717, 1.165) is 66.8 Å². The van der Waals surface area contributed by atoms with Crippen molar-refractivity contribution in [2.75, 3.05) is 13.7 Å². The standard InChI is InChI=1S/C26H31N3O4/c1-15-12-16(2)29(14-18-6-5-11-33-18)26(31)23(15)25(30)28-22-8-4-7-19-20-13-17(32-3)9-10-21(20)27-24(19)22/h9-10,12-13,18,22,27H,4-8,11,14H2,1-3H3,(H,28,30)/t18-,22-/m0/s1. The van der Waals surface area contributed by atoms with Gasteiger partial charge in [-0.05, 0) is 81.3 Å². The lowest BCUT2D eigenvalue weighted by Gasteiger charge is -2.24. The smallest absolute Gasteiger partial charge is 0.263 e. The lowest BCUT2D eigenvalue weighted by atomic mass is 9.91. The van der Waals surface area contributed by atoms with Crippen molar-refractivity contribution in [3.63, 3.8) is 0 Å². The van der Waals surface area contributed by atoms with E-state index in [9.17, 15) is 9.59 Å². The van der Waals surface area contributed by atoms with Gasteiger partial charge in [-0.3, -0.25) is 9.59 Å². The van der Waals surface area contributed by atoms with Crippen molar-refractivity contribution in [1.29, 1.82) is 0 Å². The molecule has 0 radical (unpaired) electrons. The van der Waals surface area contributed by atoms with Crippen LogP contribution >= 0.6 is 0 Å². The van der Waals surface area contributed by atoms with Crippen LogP contribution in [-0.4, -0.2) is 35.3 Å². The maximum absolute atomic E-state index is 13.4. The number of fused-ring (bicyclic) bond motifs is 3. The van der Waals surface area contributed by atoms with Crippen molar-refractivity contribution in [2.45, 2.75) is 64.6 Å². The highest BCUT2D eigenvalue weighted by atomic mass is 16.5. The van der Waals surface area contributed by atoms with Crippen LogP contribution in [0.1, 0.15) is 64.6 Å². The number of ether oxygens (including phenoxy) is 2. The molecule has 5 rings (SSSR count). The fourth-order valence-corrected chi connectivity index (χ4v) is 5.37. The average molecular weight is 450 g/mol.